The molecule has 0 spiro atoms. The molecule has 3 nitrogen and oxygen atoms in total. The predicted molar refractivity (Wildman–Crippen MR) is 81.2 cm³/mol. The smallest absolute Gasteiger partial charge is 0.349 e. The Labute approximate surface area is 126 Å². The van der Waals surface area contributed by atoms with Gasteiger partial charge >= 0.3 is 5.97 Å². The Morgan fingerprint density at radius 1 is 1.35 bits per heavy atom. The molecule has 1 aromatic heterocycles. The normalized spacial score (nSPS) is 10.8. The lowest BCUT2D eigenvalue weighted by molar-refractivity contribution is 0.0697. The summed E-state index contributed by atoms with van der Waals surface area (Å²) in [7, 11) is 0. The maximum atomic E-state index is 11.2. The van der Waals surface area contributed by atoms with E-state index >= 15 is 0 Å². The van der Waals surface area contributed by atoms with Crippen molar-refractivity contribution in [1.82, 2.24) is 0 Å². The van der Waals surface area contributed by atoms with E-state index in [1.54, 1.807) is 12.1 Å². The molecule has 0 aliphatic rings. The van der Waals surface area contributed by atoms with Crippen LogP contribution < -0.4 is 4.74 Å². The van der Waals surface area contributed by atoms with Crippen molar-refractivity contribution in [3.63, 3.8) is 0 Å². The second-order valence-electron chi connectivity index (χ2n) is 4.72. The van der Waals surface area contributed by atoms with Gasteiger partial charge in [-0.3, -0.25) is 0 Å². The minimum atomic E-state index is -0.951. The molecular formula is C15H15ClO3S. The molecule has 5 heteroatoms. The number of thiophene rings is 1. The number of carbonyl (C=O) groups is 1. The quantitative estimate of drug-likeness (QED) is 0.862. The van der Waals surface area contributed by atoms with Gasteiger partial charge < -0.3 is 9.84 Å². The molecule has 0 unspecified atom stereocenters. The molecule has 2 rings (SSSR count). The number of rotatable bonds is 5. The van der Waals surface area contributed by atoms with Crippen LogP contribution in [-0.4, -0.2) is 11.1 Å². The number of halogens is 1. The maximum absolute atomic E-state index is 11.2. The minimum absolute atomic E-state index is 0.252. The van der Waals surface area contributed by atoms with Gasteiger partial charge in [0.1, 0.15) is 12.4 Å². The van der Waals surface area contributed by atoms with Crippen molar-refractivity contribution in [2.24, 2.45) is 0 Å². The molecule has 0 bridgehead atoms. The summed E-state index contributed by atoms with van der Waals surface area (Å²) < 4.78 is 5.64. The van der Waals surface area contributed by atoms with Gasteiger partial charge in [0.2, 0.25) is 0 Å². The third-order valence-electron chi connectivity index (χ3n) is 2.79. The van der Waals surface area contributed by atoms with E-state index in [9.17, 15) is 9.90 Å². The van der Waals surface area contributed by atoms with E-state index in [0.29, 0.717) is 17.4 Å². The summed E-state index contributed by atoms with van der Waals surface area (Å²) in [5.41, 5.74) is 0.947. The van der Waals surface area contributed by atoms with Gasteiger partial charge in [-0.25, -0.2) is 4.79 Å². The standard InChI is InChI=1S/C15H15ClO3S/c1-9(2)13-7-12(14(20-13)15(17)18)19-8-10-3-5-11(16)6-4-10/h3-7,9H,8H2,1-2H3,(H,17,18). The third-order valence-corrected chi connectivity index (χ3v) is 4.44. The average Bonchev–Trinajstić information content (AvgIpc) is 2.82. The van der Waals surface area contributed by atoms with Gasteiger partial charge in [-0.2, -0.15) is 0 Å². The van der Waals surface area contributed by atoms with Gasteiger partial charge in [0.25, 0.3) is 0 Å². The highest BCUT2D eigenvalue weighted by Crippen LogP contribution is 2.34. The van der Waals surface area contributed by atoms with Crippen LogP contribution in [0.15, 0.2) is 30.3 Å². The summed E-state index contributed by atoms with van der Waals surface area (Å²) >= 11 is 7.08. The van der Waals surface area contributed by atoms with Gasteiger partial charge in [-0.1, -0.05) is 37.6 Å². The van der Waals surface area contributed by atoms with Crippen LogP contribution in [0.25, 0.3) is 0 Å². The topological polar surface area (TPSA) is 46.5 Å². The van der Waals surface area contributed by atoms with Crippen LogP contribution >= 0.6 is 22.9 Å². The molecular weight excluding hydrogens is 296 g/mol. The third kappa shape index (κ3) is 3.52. The van der Waals surface area contributed by atoms with Crippen LogP contribution in [0.4, 0.5) is 0 Å². The van der Waals surface area contributed by atoms with Crippen molar-refractivity contribution in [2.75, 3.05) is 0 Å². The van der Waals surface area contributed by atoms with Gasteiger partial charge in [0, 0.05) is 9.90 Å². The molecule has 0 aliphatic carbocycles. The van der Waals surface area contributed by atoms with Crippen LogP contribution in [0, 0.1) is 0 Å². The van der Waals surface area contributed by atoms with Crippen LogP contribution in [0.5, 0.6) is 5.75 Å². The minimum Gasteiger partial charge on any atom is -0.487 e. The van der Waals surface area contributed by atoms with Crippen molar-refractivity contribution < 1.29 is 14.6 Å². The Morgan fingerprint density at radius 2 is 2.00 bits per heavy atom. The van der Waals surface area contributed by atoms with Gasteiger partial charge in [-0.05, 0) is 29.7 Å². The number of carboxylic acids is 1. The summed E-state index contributed by atoms with van der Waals surface area (Å²) in [5, 5.41) is 9.87. The molecule has 0 saturated carbocycles. The van der Waals surface area contributed by atoms with E-state index in [4.69, 9.17) is 16.3 Å². The first-order chi connectivity index (χ1) is 9.47. The zero-order chi connectivity index (χ0) is 14.7. The molecule has 0 aliphatic heterocycles. The molecule has 0 saturated heterocycles. The number of benzene rings is 1. The van der Waals surface area contributed by atoms with Crippen molar-refractivity contribution in [3.8, 4) is 5.75 Å². The maximum Gasteiger partial charge on any atom is 0.349 e. The highest BCUT2D eigenvalue weighted by molar-refractivity contribution is 7.14. The van der Waals surface area contributed by atoms with Crippen LogP contribution in [0.2, 0.25) is 5.02 Å². The number of hydrogen-bond acceptors (Lipinski definition) is 3. The summed E-state index contributed by atoms with van der Waals surface area (Å²) in [6.07, 6.45) is 0. The second kappa shape index (κ2) is 6.29. The number of aromatic carboxylic acids is 1. The number of carboxylic acid groups (broad SMARTS) is 1. The molecule has 1 heterocycles. The van der Waals surface area contributed by atoms with Crippen molar-refractivity contribution in [1.29, 1.82) is 0 Å². The highest BCUT2D eigenvalue weighted by atomic mass is 35.5. The van der Waals surface area contributed by atoms with Gasteiger partial charge in [-0.15, -0.1) is 11.3 Å². The van der Waals surface area contributed by atoms with Crippen molar-refractivity contribution >= 4 is 28.9 Å². The van der Waals surface area contributed by atoms with E-state index in [1.165, 1.54) is 11.3 Å². The summed E-state index contributed by atoms with van der Waals surface area (Å²) in [6, 6.07) is 9.10. The highest BCUT2D eigenvalue weighted by Gasteiger charge is 2.18. The van der Waals surface area contributed by atoms with E-state index in [2.05, 4.69) is 0 Å². The summed E-state index contributed by atoms with van der Waals surface area (Å²) in [4.78, 5) is 12.5. The Bertz CT molecular complexity index is 602. The Morgan fingerprint density at radius 3 is 2.55 bits per heavy atom. The molecule has 1 aromatic carbocycles. The fourth-order valence-electron chi connectivity index (χ4n) is 1.67. The molecule has 1 N–H and O–H groups in total. The van der Waals surface area contributed by atoms with E-state index < -0.39 is 5.97 Å². The van der Waals surface area contributed by atoms with Crippen LogP contribution in [0.3, 0.4) is 0 Å². The zero-order valence-electron chi connectivity index (χ0n) is 11.2. The molecule has 106 valence electrons. The largest absolute Gasteiger partial charge is 0.487 e. The van der Waals surface area contributed by atoms with Crippen LogP contribution in [-0.2, 0) is 6.61 Å². The predicted octanol–water partition coefficient (Wildman–Crippen LogP) is 4.80. The zero-order valence-corrected chi connectivity index (χ0v) is 12.8. The SMILES string of the molecule is CC(C)c1cc(OCc2ccc(Cl)cc2)c(C(=O)O)s1. The van der Waals surface area contributed by atoms with E-state index in [1.807, 2.05) is 32.0 Å². The fraction of sp³-hybridized carbons (Fsp3) is 0.267. The molecule has 0 fully saturated rings. The molecule has 0 amide bonds. The lowest BCUT2D eigenvalue weighted by atomic mass is 10.2. The Balaban J connectivity index is 2.15. The average molecular weight is 311 g/mol. The fourth-order valence-corrected chi connectivity index (χ4v) is 2.74. The molecule has 2 aromatic rings. The first kappa shape index (κ1) is 14.9. The van der Waals surface area contributed by atoms with Crippen LogP contribution in [0.1, 0.15) is 39.9 Å². The van der Waals surface area contributed by atoms with Crippen molar-refractivity contribution in [2.45, 2.75) is 26.4 Å². The molecule has 0 atom stereocenters. The van der Waals surface area contributed by atoms with Gasteiger partial charge in [0.05, 0.1) is 0 Å². The summed E-state index contributed by atoms with van der Waals surface area (Å²) in [5.74, 6) is -0.236. The molecule has 0 radical (unpaired) electrons. The first-order valence-electron chi connectivity index (χ1n) is 6.21. The lowest BCUT2D eigenvalue weighted by Gasteiger charge is -2.05. The monoisotopic (exact) mass is 310 g/mol. The van der Waals surface area contributed by atoms with E-state index in [0.717, 1.165) is 10.4 Å². The molecule has 20 heavy (non-hydrogen) atoms. The number of ether oxygens (including phenoxy) is 1. The summed E-state index contributed by atoms with van der Waals surface area (Å²) in [6.45, 7) is 4.38. The number of hydrogen-bond donors (Lipinski definition) is 1. The van der Waals surface area contributed by atoms with Gasteiger partial charge in [0.15, 0.2) is 4.88 Å². The van der Waals surface area contributed by atoms with E-state index in [-0.39, 0.29) is 10.8 Å². The Hall–Kier alpha value is -1.52. The first-order valence-corrected chi connectivity index (χ1v) is 7.41. The van der Waals surface area contributed by atoms with Crippen molar-refractivity contribution in [3.05, 3.63) is 50.7 Å². The lowest BCUT2D eigenvalue weighted by Crippen LogP contribution is -1.99. The second-order valence-corrected chi connectivity index (χ2v) is 6.24. The Kier molecular flexibility index (Phi) is 4.68.